The van der Waals surface area contributed by atoms with Crippen molar-refractivity contribution in [3.05, 3.63) is 42.5 Å². The van der Waals surface area contributed by atoms with Gasteiger partial charge in [0.25, 0.3) is 5.91 Å². The number of nitrogens with zero attached hydrogens (tertiary/aromatic N) is 3. The van der Waals surface area contributed by atoms with Gasteiger partial charge in [-0.3, -0.25) is 4.79 Å². The van der Waals surface area contributed by atoms with Crippen molar-refractivity contribution in [3.8, 4) is 17.5 Å². The Kier molecular flexibility index (Phi) is 5.27. The molecule has 1 atom stereocenters. The van der Waals surface area contributed by atoms with Crippen LogP contribution in [0.2, 0.25) is 0 Å². The van der Waals surface area contributed by atoms with Crippen LogP contribution in [0, 0.1) is 5.82 Å². The van der Waals surface area contributed by atoms with Crippen molar-refractivity contribution in [1.82, 2.24) is 14.9 Å². The zero-order chi connectivity index (χ0) is 17.6. The van der Waals surface area contributed by atoms with Gasteiger partial charge in [-0.25, -0.2) is 14.4 Å². The van der Waals surface area contributed by atoms with E-state index in [1.54, 1.807) is 24.1 Å². The van der Waals surface area contributed by atoms with E-state index in [-0.39, 0.29) is 24.6 Å². The Hall–Kier alpha value is -2.90. The number of benzene rings is 1. The average molecular weight is 347 g/mol. The molecule has 1 saturated heterocycles. The topological polar surface area (TPSA) is 73.8 Å². The first kappa shape index (κ1) is 16.9. The third kappa shape index (κ3) is 4.34. The first-order valence-corrected chi connectivity index (χ1v) is 7.83. The highest BCUT2D eigenvalue weighted by Gasteiger charge is 2.28. The summed E-state index contributed by atoms with van der Waals surface area (Å²) in [6.45, 7) is 0.884. The van der Waals surface area contributed by atoms with Crippen LogP contribution in [0.1, 0.15) is 6.42 Å². The fourth-order valence-corrected chi connectivity index (χ4v) is 2.53. The molecule has 1 aliphatic rings. The highest BCUT2D eigenvalue weighted by atomic mass is 19.1. The average Bonchev–Trinajstić information content (AvgIpc) is 3.10. The van der Waals surface area contributed by atoms with Gasteiger partial charge in [0, 0.05) is 13.0 Å². The van der Waals surface area contributed by atoms with Gasteiger partial charge in [0.15, 0.2) is 23.9 Å². The number of ether oxygens (including phenoxy) is 3. The Morgan fingerprint density at radius 2 is 2.00 bits per heavy atom. The molecule has 3 rings (SSSR count). The van der Waals surface area contributed by atoms with Crippen LogP contribution in [0.4, 0.5) is 4.39 Å². The van der Waals surface area contributed by atoms with Gasteiger partial charge in [-0.2, -0.15) is 0 Å². The summed E-state index contributed by atoms with van der Waals surface area (Å²) in [7, 11) is 1.55. The highest BCUT2D eigenvalue weighted by molar-refractivity contribution is 5.78. The second-order valence-electron chi connectivity index (χ2n) is 5.49. The van der Waals surface area contributed by atoms with E-state index < -0.39 is 5.82 Å². The Bertz CT molecular complexity index is 726. The van der Waals surface area contributed by atoms with Crippen LogP contribution in [-0.2, 0) is 4.79 Å². The Morgan fingerprint density at radius 1 is 1.28 bits per heavy atom. The molecule has 2 heterocycles. The van der Waals surface area contributed by atoms with Crippen molar-refractivity contribution in [1.29, 1.82) is 0 Å². The fraction of sp³-hybridized carbons (Fsp3) is 0.353. The predicted octanol–water partition coefficient (Wildman–Crippen LogP) is 1.68. The molecule has 1 fully saturated rings. The van der Waals surface area contributed by atoms with Crippen molar-refractivity contribution in [2.45, 2.75) is 12.5 Å². The number of hydrogen-bond donors (Lipinski definition) is 0. The van der Waals surface area contributed by atoms with E-state index in [1.165, 1.54) is 0 Å². The van der Waals surface area contributed by atoms with E-state index in [4.69, 9.17) is 14.2 Å². The first-order chi connectivity index (χ1) is 12.2. The summed E-state index contributed by atoms with van der Waals surface area (Å²) in [6, 6.07) is 7.25. The lowest BCUT2D eigenvalue weighted by Crippen LogP contribution is -2.34. The largest absolute Gasteiger partial charge is 0.493 e. The molecule has 0 saturated carbocycles. The number of rotatable bonds is 6. The molecular formula is C17H18FN3O4. The van der Waals surface area contributed by atoms with Crippen LogP contribution in [0.3, 0.4) is 0 Å². The second kappa shape index (κ2) is 7.78. The Balaban J connectivity index is 1.49. The zero-order valence-electron chi connectivity index (χ0n) is 13.7. The lowest BCUT2D eigenvalue weighted by Gasteiger charge is -2.17. The number of carbonyl (C=O) groups is 1. The number of amides is 1. The molecule has 1 amide bonds. The van der Waals surface area contributed by atoms with Crippen LogP contribution in [-0.4, -0.2) is 53.7 Å². The lowest BCUT2D eigenvalue weighted by molar-refractivity contribution is -0.132. The number of likely N-dealkylation sites (tertiary alicyclic amines) is 1. The highest BCUT2D eigenvalue weighted by Crippen LogP contribution is 2.26. The molecule has 0 spiro atoms. The molecule has 0 unspecified atom stereocenters. The third-order valence-electron chi connectivity index (χ3n) is 3.79. The summed E-state index contributed by atoms with van der Waals surface area (Å²) < 4.78 is 29.1. The molecule has 0 aliphatic carbocycles. The number of halogens is 1. The van der Waals surface area contributed by atoms with Gasteiger partial charge in [0.05, 0.1) is 26.0 Å². The van der Waals surface area contributed by atoms with Gasteiger partial charge in [-0.15, -0.1) is 0 Å². The molecule has 8 heteroatoms. The van der Waals surface area contributed by atoms with Crippen molar-refractivity contribution < 1.29 is 23.4 Å². The number of methoxy groups -OCH3 is 1. The molecule has 1 aromatic carbocycles. The first-order valence-electron chi connectivity index (χ1n) is 7.83. The van der Waals surface area contributed by atoms with E-state index >= 15 is 0 Å². The third-order valence-corrected chi connectivity index (χ3v) is 3.79. The van der Waals surface area contributed by atoms with Crippen LogP contribution < -0.4 is 14.2 Å². The summed E-state index contributed by atoms with van der Waals surface area (Å²) in [5.41, 5.74) is 0. The Morgan fingerprint density at radius 3 is 2.72 bits per heavy atom. The van der Waals surface area contributed by atoms with Gasteiger partial charge in [0.1, 0.15) is 6.10 Å². The molecule has 1 aliphatic heterocycles. The monoisotopic (exact) mass is 347 g/mol. The van der Waals surface area contributed by atoms with E-state index in [2.05, 4.69) is 9.97 Å². The maximum absolute atomic E-state index is 12.8. The van der Waals surface area contributed by atoms with Crippen LogP contribution in [0.25, 0.3) is 0 Å². The standard InChI is InChI=1S/C17H18FN3O4/c1-23-14-4-2-3-5-15(14)24-11-16(22)21-7-6-13(10-21)25-17-19-8-12(18)9-20-17/h2-5,8-9,13H,6-7,10-11H2,1H3/t13-/m1/s1. The van der Waals surface area contributed by atoms with Gasteiger partial charge >= 0.3 is 6.01 Å². The van der Waals surface area contributed by atoms with Crippen molar-refractivity contribution in [2.75, 3.05) is 26.8 Å². The SMILES string of the molecule is COc1ccccc1OCC(=O)N1CC[C@@H](Oc2ncc(F)cn2)C1. The molecule has 0 radical (unpaired) electrons. The zero-order valence-corrected chi connectivity index (χ0v) is 13.7. The molecule has 132 valence electrons. The molecule has 0 N–H and O–H groups in total. The van der Waals surface area contributed by atoms with E-state index in [9.17, 15) is 9.18 Å². The summed E-state index contributed by atoms with van der Waals surface area (Å²) in [5, 5.41) is 0. The maximum Gasteiger partial charge on any atom is 0.316 e. The number of carbonyl (C=O) groups excluding carboxylic acids is 1. The summed E-state index contributed by atoms with van der Waals surface area (Å²) in [4.78, 5) is 21.5. The predicted molar refractivity (Wildman–Crippen MR) is 86.1 cm³/mol. The van der Waals surface area contributed by atoms with E-state index in [0.29, 0.717) is 31.0 Å². The molecule has 0 bridgehead atoms. The number of aromatic nitrogens is 2. The maximum atomic E-state index is 12.8. The minimum Gasteiger partial charge on any atom is -0.493 e. The summed E-state index contributed by atoms with van der Waals surface area (Å²) in [6.07, 6.45) is 2.52. The van der Waals surface area contributed by atoms with Crippen LogP contribution >= 0.6 is 0 Å². The minimum atomic E-state index is -0.524. The van der Waals surface area contributed by atoms with Gasteiger partial charge < -0.3 is 19.1 Å². The molecule has 25 heavy (non-hydrogen) atoms. The number of para-hydroxylation sites is 2. The molecular weight excluding hydrogens is 329 g/mol. The van der Waals surface area contributed by atoms with Crippen molar-refractivity contribution in [3.63, 3.8) is 0 Å². The van der Waals surface area contributed by atoms with E-state index in [0.717, 1.165) is 12.4 Å². The smallest absolute Gasteiger partial charge is 0.316 e. The summed E-state index contributed by atoms with van der Waals surface area (Å²) >= 11 is 0. The van der Waals surface area contributed by atoms with Gasteiger partial charge in [-0.05, 0) is 12.1 Å². The lowest BCUT2D eigenvalue weighted by atomic mass is 10.3. The van der Waals surface area contributed by atoms with Gasteiger partial charge in [-0.1, -0.05) is 12.1 Å². The normalized spacial score (nSPS) is 16.6. The van der Waals surface area contributed by atoms with Crippen molar-refractivity contribution >= 4 is 5.91 Å². The second-order valence-corrected chi connectivity index (χ2v) is 5.49. The van der Waals surface area contributed by atoms with E-state index in [1.807, 2.05) is 12.1 Å². The van der Waals surface area contributed by atoms with Crippen molar-refractivity contribution in [2.24, 2.45) is 0 Å². The molecule has 1 aromatic heterocycles. The summed E-state index contributed by atoms with van der Waals surface area (Å²) in [5.74, 6) is 0.428. The Labute approximate surface area is 144 Å². The fourth-order valence-electron chi connectivity index (χ4n) is 2.53. The minimum absolute atomic E-state index is 0.0832. The van der Waals surface area contributed by atoms with Crippen LogP contribution in [0.15, 0.2) is 36.7 Å². The number of hydrogen-bond acceptors (Lipinski definition) is 6. The van der Waals surface area contributed by atoms with Crippen LogP contribution in [0.5, 0.6) is 17.5 Å². The molecule has 2 aromatic rings. The van der Waals surface area contributed by atoms with Gasteiger partial charge in [0.2, 0.25) is 0 Å². The quantitative estimate of drug-likeness (QED) is 0.792. The molecule has 7 nitrogen and oxygen atoms in total.